The Labute approximate surface area is 121 Å². The first-order valence-corrected chi connectivity index (χ1v) is 7.36. The first-order valence-electron chi connectivity index (χ1n) is 7.36. The first kappa shape index (κ1) is 15.1. The number of aryl methyl sites for hydroxylation is 1. The fourth-order valence-corrected chi connectivity index (χ4v) is 2.72. The van der Waals surface area contributed by atoms with E-state index < -0.39 is 0 Å². The number of hydrogen-bond acceptors (Lipinski definition) is 3. The number of fused-ring (bicyclic) bond motifs is 1. The molecule has 1 unspecified atom stereocenters. The Morgan fingerprint density at radius 1 is 1.30 bits per heavy atom. The van der Waals surface area contributed by atoms with Crippen molar-refractivity contribution in [3.8, 4) is 0 Å². The molecule has 0 spiro atoms. The number of hydrogen-bond donors (Lipinski definition) is 1. The zero-order valence-electron chi connectivity index (χ0n) is 13.1. The SMILES string of the molecule is CCNC(c1cc2cccc(C)c2o1)C(C)(C)OCC. The molecule has 1 atom stereocenters. The standard InChI is InChI=1S/C17H25NO2/c1-6-18-16(17(4,5)19-7-2)14-11-13-10-8-9-12(3)15(13)20-14/h8-11,16,18H,6-7H2,1-5H3. The van der Waals surface area contributed by atoms with E-state index in [-0.39, 0.29) is 11.6 Å². The Bertz CT molecular complexity index is 571. The lowest BCUT2D eigenvalue weighted by Gasteiger charge is -2.33. The van der Waals surface area contributed by atoms with Crippen LogP contribution < -0.4 is 5.32 Å². The van der Waals surface area contributed by atoms with Crippen LogP contribution in [0.3, 0.4) is 0 Å². The van der Waals surface area contributed by atoms with Gasteiger partial charge in [0.25, 0.3) is 0 Å². The predicted octanol–water partition coefficient (Wildman–Crippen LogP) is 4.21. The fraction of sp³-hybridized carbons (Fsp3) is 0.529. The number of para-hydroxylation sites is 1. The third-order valence-electron chi connectivity index (χ3n) is 3.66. The summed E-state index contributed by atoms with van der Waals surface area (Å²) in [5.41, 5.74) is 1.82. The van der Waals surface area contributed by atoms with Crippen LogP contribution in [-0.2, 0) is 4.74 Å². The molecule has 20 heavy (non-hydrogen) atoms. The summed E-state index contributed by atoms with van der Waals surface area (Å²) in [6.45, 7) is 12.0. The molecule has 0 aliphatic heterocycles. The van der Waals surface area contributed by atoms with E-state index in [2.05, 4.69) is 57.3 Å². The smallest absolute Gasteiger partial charge is 0.137 e. The second-order valence-corrected chi connectivity index (χ2v) is 5.67. The number of benzene rings is 1. The van der Waals surface area contributed by atoms with Crippen molar-refractivity contribution in [2.75, 3.05) is 13.2 Å². The predicted molar refractivity (Wildman–Crippen MR) is 83.1 cm³/mol. The summed E-state index contributed by atoms with van der Waals surface area (Å²) < 4.78 is 12.0. The molecule has 1 aromatic carbocycles. The monoisotopic (exact) mass is 275 g/mol. The van der Waals surface area contributed by atoms with E-state index in [4.69, 9.17) is 9.15 Å². The van der Waals surface area contributed by atoms with E-state index in [9.17, 15) is 0 Å². The molecule has 0 saturated heterocycles. The van der Waals surface area contributed by atoms with Gasteiger partial charge in [0.1, 0.15) is 11.3 Å². The molecule has 110 valence electrons. The summed E-state index contributed by atoms with van der Waals surface area (Å²) in [4.78, 5) is 0. The molecule has 1 heterocycles. The Hall–Kier alpha value is -1.32. The molecule has 0 saturated carbocycles. The Kier molecular flexibility index (Phi) is 4.51. The zero-order valence-corrected chi connectivity index (χ0v) is 13.1. The van der Waals surface area contributed by atoms with Crippen LogP contribution in [0.1, 0.15) is 45.1 Å². The lowest BCUT2D eigenvalue weighted by atomic mass is 9.96. The van der Waals surface area contributed by atoms with Gasteiger partial charge in [-0.2, -0.15) is 0 Å². The Morgan fingerprint density at radius 3 is 2.65 bits per heavy atom. The van der Waals surface area contributed by atoms with Gasteiger partial charge in [-0.1, -0.05) is 25.1 Å². The largest absolute Gasteiger partial charge is 0.459 e. The van der Waals surface area contributed by atoms with Crippen LogP contribution in [0.4, 0.5) is 0 Å². The third kappa shape index (κ3) is 2.89. The molecule has 1 N–H and O–H groups in total. The molecular weight excluding hydrogens is 250 g/mol. The van der Waals surface area contributed by atoms with Crippen LogP contribution in [0.5, 0.6) is 0 Å². The maximum Gasteiger partial charge on any atom is 0.137 e. The molecule has 0 aliphatic rings. The third-order valence-corrected chi connectivity index (χ3v) is 3.66. The summed E-state index contributed by atoms with van der Waals surface area (Å²) >= 11 is 0. The van der Waals surface area contributed by atoms with Gasteiger partial charge in [-0.05, 0) is 45.9 Å². The summed E-state index contributed by atoms with van der Waals surface area (Å²) in [7, 11) is 0. The Balaban J connectivity index is 2.44. The second kappa shape index (κ2) is 5.98. The van der Waals surface area contributed by atoms with Crippen LogP contribution >= 0.6 is 0 Å². The minimum absolute atomic E-state index is 0.0410. The topological polar surface area (TPSA) is 34.4 Å². The van der Waals surface area contributed by atoms with Crippen molar-refractivity contribution >= 4 is 11.0 Å². The summed E-state index contributed by atoms with van der Waals surface area (Å²) in [5.74, 6) is 0.939. The van der Waals surface area contributed by atoms with Crippen molar-refractivity contribution in [1.29, 1.82) is 0 Å². The molecule has 3 nitrogen and oxygen atoms in total. The van der Waals surface area contributed by atoms with Gasteiger partial charge >= 0.3 is 0 Å². The van der Waals surface area contributed by atoms with Crippen LogP contribution in [0, 0.1) is 6.92 Å². The normalized spacial score (nSPS) is 13.8. The van der Waals surface area contributed by atoms with E-state index in [0.29, 0.717) is 6.61 Å². The van der Waals surface area contributed by atoms with Gasteiger partial charge in [0, 0.05) is 12.0 Å². The highest BCUT2D eigenvalue weighted by atomic mass is 16.5. The first-order chi connectivity index (χ1) is 9.49. The highest BCUT2D eigenvalue weighted by molar-refractivity contribution is 5.81. The molecule has 1 aromatic heterocycles. The van der Waals surface area contributed by atoms with Gasteiger partial charge in [0.05, 0.1) is 11.6 Å². The fourth-order valence-electron chi connectivity index (χ4n) is 2.72. The number of nitrogens with one attached hydrogen (secondary N) is 1. The maximum atomic E-state index is 6.10. The second-order valence-electron chi connectivity index (χ2n) is 5.67. The molecule has 2 aromatic rings. The van der Waals surface area contributed by atoms with E-state index in [1.807, 2.05) is 6.92 Å². The van der Waals surface area contributed by atoms with Crippen molar-refractivity contribution in [3.05, 3.63) is 35.6 Å². The highest BCUT2D eigenvalue weighted by Gasteiger charge is 2.33. The molecule has 0 radical (unpaired) electrons. The molecule has 0 bridgehead atoms. The minimum atomic E-state index is -0.313. The summed E-state index contributed by atoms with van der Waals surface area (Å²) in [5, 5.41) is 4.63. The molecule has 0 fully saturated rings. The Morgan fingerprint density at radius 2 is 2.05 bits per heavy atom. The van der Waals surface area contributed by atoms with Crippen LogP contribution in [0.2, 0.25) is 0 Å². The van der Waals surface area contributed by atoms with Crippen molar-refractivity contribution in [1.82, 2.24) is 5.32 Å². The number of furan rings is 1. The van der Waals surface area contributed by atoms with Crippen LogP contribution in [-0.4, -0.2) is 18.8 Å². The highest BCUT2D eigenvalue weighted by Crippen LogP contribution is 2.33. The number of rotatable bonds is 6. The van der Waals surface area contributed by atoms with E-state index in [1.54, 1.807) is 0 Å². The van der Waals surface area contributed by atoms with Crippen molar-refractivity contribution in [2.45, 2.75) is 46.3 Å². The zero-order chi connectivity index (χ0) is 14.8. The molecule has 0 amide bonds. The van der Waals surface area contributed by atoms with E-state index >= 15 is 0 Å². The summed E-state index contributed by atoms with van der Waals surface area (Å²) in [6.07, 6.45) is 0. The van der Waals surface area contributed by atoms with Crippen LogP contribution in [0.25, 0.3) is 11.0 Å². The maximum absolute atomic E-state index is 6.10. The molecular formula is C17H25NO2. The van der Waals surface area contributed by atoms with Crippen molar-refractivity contribution in [3.63, 3.8) is 0 Å². The number of ether oxygens (including phenoxy) is 1. The van der Waals surface area contributed by atoms with E-state index in [0.717, 1.165) is 23.3 Å². The average Bonchev–Trinajstić information content (AvgIpc) is 2.80. The molecule has 0 aliphatic carbocycles. The van der Waals surface area contributed by atoms with Crippen molar-refractivity contribution in [2.24, 2.45) is 0 Å². The van der Waals surface area contributed by atoms with Gasteiger partial charge in [-0.3, -0.25) is 0 Å². The lowest BCUT2D eigenvalue weighted by Crippen LogP contribution is -2.41. The number of likely N-dealkylation sites (N-methyl/N-ethyl adjacent to an activating group) is 1. The van der Waals surface area contributed by atoms with Gasteiger partial charge in [0.2, 0.25) is 0 Å². The van der Waals surface area contributed by atoms with Gasteiger partial charge in [-0.25, -0.2) is 0 Å². The van der Waals surface area contributed by atoms with Gasteiger partial charge in [0.15, 0.2) is 0 Å². The summed E-state index contributed by atoms with van der Waals surface area (Å²) in [6, 6.07) is 8.39. The minimum Gasteiger partial charge on any atom is -0.459 e. The molecule has 2 rings (SSSR count). The van der Waals surface area contributed by atoms with E-state index in [1.165, 1.54) is 5.56 Å². The van der Waals surface area contributed by atoms with Crippen LogP contribution in [0.15, 0.2) is 28.7 Å². The molecule has 3 heteroatoms. The lowest BCUT2D eigenvalue weighted by molar-refractivity contribution is -0.0433. The average molecular weight is 275 g/mol. The van der Waals surface area contributed by atoms with Gasteiger partial charge < -0.3 is 14.5 Å². The quantitative estimate of drug-likeness (QED) is 0.857. The van der Waals surface area contributed by atoms with Gasteiger partial charge in [-0.15, -0.1) is 0 Å². The van der Waals surface area contributed by atoms with Crippen molar-refractivity contribution < 1.29 is 9.15 Å².